The Bertz CT molecular complexity index is 897. The lowest BCUT2D eigenvalue weighted by Crippen LogP contribution is -2.48. The molecule has 1 fully saturated rings. The van der Waals surface area contributed by atoms with Gasteiger partial charge in [-0.25, -0.2) is 13.1 Å². The number of carbonyl (C=O) groups excluding carboxylic acids is 1. The molecule has 2 aromatic rings. The summed E-state index contributed by atoms with van der Waals surface area (Å²) in [6.07, 6.45) is 3.48. The fourth-order valence-electron chi connectivity index (χ4n) is 2.86. The summed E-state index contributed by atoms with van der Waals surface area (Å²) in [7, 11) is -2.42. The number of carbonyl (C=O) groups is 1. The van der Waals surface area contributed by atoms with Crippen molar-refractivity contribution in [1.29, 1.82) is 0 Å². The summed E-state index contributed by atoms with van der Waals surface area (Å²) in [5.74, 6) is -0.205. The van der Waals surface area contributed by atoms with Crippen LogP contribution in [-0.4, -0.2) is 57.4 Å². The van der Waals surface area contributed by atoms with Crippen LogP contribution in [0.5, 0.6) is 0 Å². The SMILES string of the molecule is CNS(=O)(=O)c1cc(C(=O)N2CCN(c3ccncc3)CC2)ccc1Cl. The van der Waals surface area contributed by atoms with E-state index in [0.717, 1.165) is 5.69 Å². The minimum atomic E-state index is -3.73. The molecule has 26 heavy (non-hydrogen) atoms. The second-order valence-electron chi connectivity index (χ2n) is 5.84. The molecule has 0 bridgehead atoms. The zero-order valence-corrected chi connectivity index (χ0v) is 15.8. The number of piperazine rings is 1. The first-order chi connectivity index (χ1) is 12.4. The van der Waals surface area contributed by atoms with Crippen LogP contribution in [0.4, 0.5) is 5.69 Å². The first kappa shape index (κ1) is 18.6. The third-order valence-corrected chi connectivity index (χ3v) is 6.23. The zero-order chi connectivity index (χ0) is 18.7. The lowest BCUT2D eigenvalue weighted by Gasteiger charge is -2.36. The Morgan fingerprint density at radius 1 is 1.12 bits per heavy atom. The van der Waals surface area contributed by atoms with E-state index in [4.69, 9.17) is 11.6 Å². The second-order valence-corrected chi connectivity index (χ2v) is 8.10. The molecule has 1 N–H and O–H groups in total. The minimum absolute atomic E-state index is 0.0819. The van der Waals surface area contributed by atoms with E-state index >= 15 is 0 Å². The van der Waals surface area contributed by atoms with E-state index in [0.29, 0.717) is 31.7 Å². The predicted molar refractivity (Wildman–Crippen MR) is 100 cm³/mol. The summed E-state index contributed by atoms with van der Waals surface area (Å²) in [5.41, 5.74) is 1.38. The molecule has 1 saturated heterocycles. The Morgan fingerprint density at radius 3 is 2.38 bits per heavy atom. The highest BCUT2D eigenvalue weighted by molar-refractivity contribution is 7.89. The first-order valence-electron chi connectivity index (χ1n) is 8.10. The Morgan fingerprint density at radius 2 is 1.77 bits per heavy atom. The van der Waals surface area contributed by atoms with E-state index in [1.54, 1.807) is 23.4 Å². The van der Waals surface area contributed by atoms with E-state index < -0.39 is 10.0 Å². The zero-order valence-electron chi connectivity index (χ0n) is 14.2. The van der Waals surface area contributed by atoms with Crippen molar-refractivity contribution in [2.24, 2.45) is 0 Å². The fourth-order valence-corrected chi connectivity index (χ4v) is 4.11. The van der Waals surface area contributed by atoms with Crippen LogP contribution < -0.4 is 9.62 Å². The number of anilines is 1. The van der Waals surface area contributed by atoms with Gasteiger partial charge in [-0.1, -0.05) is 11.6 Å². The van der Waals surface area contributed by atoms with Crippen LogP contribution in [0.15, 0.2) is 47.6 Å². The van der Waals surface area contributed by atoms with E-state index in [1.807, 2.05) is 12.1 Å². The van der Waals surface area contributed by atoms with Crippen molar-refractivity contribution in [3.8, 4) is 0 Å². The van der Waals surface area contributed by atoms with Crippen molar-refractivity contribution < 1.29 is 13.2 Å². The van der Waals surface area contributed by atoms with Crippen LogP contribution in [0.2, 0.25) is 5.02 Å². The lowest BCUT2D eigenvalue weighted by molar-refractivity contribution is 0.0746. The number of amides is 1. The van der Waals surface area contributed by atoms with Crippen molar-refractivity contribution in [3.63, 3.8) is 0 Å². The van der Waals surface area contributed by atoms with Crippen molar-refractivity contribution in [2.75, 3.05) is 38.1 Å². The maximum atomic E-state index is 12.8. The second kappa shape index (κ2) is 7.61. The Balaban J connectivity index is 1.74. The van der Waals surface area contributed by atoms with Gasteiger partial charge >= 0.3 is 0 Å². The van der Waals surface area contributed by atoms with Crippen LogP contribution in [0, 0.1) is 0 Å². The maximum absolute atomic E-state index is 12.8. The molecule has 0 unspecified atom stereocenters. The maximum Gasteiger partial charge on any atom is 0.254 e. The number of nitrogens with one attached hydrogen (secondary N) is 1. The molecule has 138 valence electrons. The molecule has 0 radical (unpaired) electrons. The molecule has 0 saturated carbocycles. The van der Waals surface area contributed by atoms with Crippen LogP contribution in [-0.2, 0) is 10.0 Å². The highest BCUT2D eigenvalue weighted by Gasteiger charge is 2.24. The topological polar surface area (TPSA) is 82.6 Å². The minimum Gasteiger partial charge on any atom is -0.368 e. The van der Waals surface area contributed by atoms with Crippen LogP contribution >= 0.6 is 11.6 Å². The predicted octanol–water partition coefficient (Wildman–Crippen LogP) is 1.61. The van der Waals surface area contributed by atoms with E-state index in [1.165, 1.54) is 19.2 Å². The molecule has 7 nitrogen and oxygen atoms in total. The third-order valence-electron chi connectivity index (χ3n) is 4.33. The molecule has 2 heterocycles. The van der Waals surface area contributed by atoms with Crippen molar-refractivity contribution >= 4 is 33.2 Å². The van der Waals surface area contributed by atoms with Gasteiger partial charge in [-0.2, -0.15) is 0 Å². The van der Waals surface area contributed by atoms with Gasteiger partial charge in [0.15, 0.2) is 0 Å². The number of pyridine rings is 1. The van der Waals surface area contributed by atoms with Gasteiger partial charge in [0.25, 0.3) is 5.91 Å². The van der Waals surface area contributed by atoms with Crippen molar-refractivity contribution in [2.45, 2.75) is 4.90 Å². The molecule has 3 rings (SSSR count). The van der Waals surface area contributed by atoms with Gasteiger partial charge in [-0.3, -0.25) is 9.78 Å². The molecule has 0 aliphatic carbocycles. The molecule has 9 heteroatoms. The Hall–Kier alpha value is -2.16. The first-order valence-corrected chi connectivity index (χ1v) is 9.96. The molecular formula is C17H19ClN4O3S. The van der Waals surface area contributed by atoms with Crippen molar-refractivity contribution in [3.05, 3.63) is 53.3 Å². The summed E-state index contributed by atoms with van der Waals surface area (Å²) < 4.78 is 26.3. The van der Waals surface area contributed by atoms with Gasteiger partial charge in [0.1, 0.15) is 4.90 Å². The molecule has 1 amide bonds. The number of halogens is 1. The number of nitrogens with zero attached hydrogens (tertiary/aromatic N) is 3. The van der Waals surface area contributed by atoms with Gasteiger partial charge in [0, 0.05) is 49.8 Å². The standard InChI is InChI=1S/C17H19ClN4O3S/c1-19-26(24,25)16-12-13(2-3-15(16)18)17(23)22-10-8-21(9-11-22)14-4-6-20-7-5-14/h2-7,12,19H,8-11H2,1H3. The molecule has 1 aliphatic rings. The van der Waals surface area contributed by atoms with Gasteiger partial charge in [0.05, 0.1) is 5.02 Å². The normalized spacial score (nSPS) is 15.2. The van der Waals surface area contributed by atoms with Gasteiger partial charge in [0.2, 0.25) is 10.0 Å². The van der Waals surface area contributed by atoms with Crippen LogP contribution in [0.25, 0.3) is 0 Å². The number of hydrogen-bond acceptors (Lipinski definition) is 5. The molecule has 0 atom stereocenters. The lowest BCUT2D eigenvalue weighted by atomic mass is 10.1. The molecule has 0 spiro atoms. The van der Waals surface area contributed by atoms with E-state index in [2.05, 4.69) is 14.6 Å². The largest absolute Gasteiger partial charge is 0.368 e. The number of sulfonamides is 1. The van der Waals surface area contributed by atoms with E-state index in [9.17, 15) is 13.2 Å². The third kappa shape index (κ3) is 3.82. The summed E-state index contributed by atoms with van der Waals surface area (Å²) in [6, 6.07) is 8.18. The quantitative estimate of drug-likeness (QED) is 0.851. The average Bonchev–Trinajstić information content (AvgIpc) is 2.68. The van der Waals surface area contributed by atoms with Gasteiger partial charge < -0.3 is 9.80 Å². The Kier molecular flexibility index (Phi) is 5.45. The summed E-state index contributed by atoms with van der Waals surface area (Å²) >= 11 is 5.98. The van der Waals surface area contributed by atoms with Gasteiger partial charge in [-0.05, 0) is 37.4 Å². The highest BCUT2D eigenvalue weighted by Crippen LogP contribution is 2.24. The number of hydrogen-bond donors (Lipinski definition) is 1. The fraction of sp³-hybridized carbons (Fsp3) is 0.294. The summed E-state index contributed by atoms with van der Waals surface area (Å²) in [6.45, 7) is 2.51. The van der Waals surface area contributed by atoms with E-state index in [-0.39, 0.29) is 15.8 Å². The number of benzene rings is 1. The highest BCUT2D eigenvalue weighted by atomic mass is 35.5. The average molecular weight is 395 g/mol. The number of rotatable bonds is 4. The van der Waals surface area contributed by atoms with Gasteiger partial charge in [-0.15, -0.1) is 0 Å². The monoisotopic (exact) mass is 394 g/mol. The molecule has 1 aliphatic heterocycles. The molecule has 1 aromatic heterocycles. The molecular weight excluding hydrogens is 376 g/mol. The van der Waals surface area contributed by atoms with Crippen LogP contribution in [0.3, 0.4) is 0 Å². The Labute approximate surface area is 157 Å². The summed E-state index contributed by atoms with van der Waals surface area (Å²) in [5, 5.41) is 0.0819. The molecule has 1 aromatic carbocycles. The van der Waals surface area contributed by atoms with Crippen LogP contribution in [0.1, 0.15) is 10.4 Å². The number of aromatic nitrogens is 1. The smallest absolute Gasteiger partial charge is 0.254 e. The summed E-state index contributed by atoms with van der Waals surface area (Å²) in [4.78, 5) is 20.6. The van der Waals surface area contributed by atoms with Crippen molar-refractivity contribution in [1.82, 2.24) is 14.6 Å².